The number of carbonyl (C=O) groups excluding carboxylic acids is 3. The summed E-state index contributed by atoms with van der Waals surface area (Å²) in [5, 5.41) is 0. The zero-order valence-electron chi connectivity index (χ0n) is 16.5. The molecule has 1 saturated heterocycles. The van der Waals surface area contributed by atoms with Gasteiger partial charge in [-0.05, 0) is 37.1 Å². The number of amides is 4. The Bertz CT molecular complexity index is 832. The molecule has 154 valence electrons. The summed E-state index contributed by atoms with van der Waals surface area (Å²) >= 11 is 0. The molecule has 4 rings (SSSR count). The highest BCUT2D eigenvalue weighted by atomic mass is 16.3. The summed E-state index contributed by atoms with van der Waals surface area (Å²) in [5.41, 5.74) is -0.789. The smallest absolute Gasteiger partial charge is 0.327 e. The molecule has 2 aromatic rings. The minimum absolute atomic E-state index is 0.226. The molecule has 4 amide bonds. The van der Waals surface area contributed by atoms with Gasteiger partial charge in [0, 0.05) is 7.05 Å². The average Bonchev–Trinajstić information content (AvgIpc) is 3.47. The lowest BCUT2D eigenvalue weighted by atomic mass is 9.81. The van der Waals surface area contributed by atoms with Crippen LogP contribution in [0.2, 0.25) is 0 Å². The second kappa shape index (κ2) is 7.77. The first-order valence-corrected chi connectivity index (χ1v) is 9.93. The van der Waals surface area contributed by atoms with E-state index in [1.54, 1.807) is 43.8 Å². The van der Waals surface area contributed by atoms with Gasteiger partial charge in [-0.3, -0.25) is 14.5 Å². The Morgan fingerprint density at radius 2 is 1.62 bits per heavy atom. The minimum atomic E-state index is -0.789. The van der Waals surface area contributed by atoms with E-state index in [1.807, 2.05) is 0 Å². The SMILES string of the molecule is CN1C(=O)N(CC(=O)N(Cc2ccco2)Cc2ccco2)C(=O)C12CCCCC2. The third kappa shape index (κ3) is 3.54. The molecule has 8 heteroatoms. The molecule has 0 N–H and O–H groups in total. The Kier molecular flexibility index (Phi) is 5.17. The summed E-state index contributed by atoms with van der Waals surface area (Å²) in [6.45, 7) is 0.165. The van der Waals surface area contributed by atoms with Crippen molar-refractivity contribution in [3.63, 3.8) is 0 Å². The lowest BCUT2D eigenvalue weighted by Crippen LogP contribution is -2.49. The number of carbonyl (C=O) groups is 3. The third-order valence-electron chi connectivity index (χ3n) is 5.98. The first-order chi connectivity index (χ1) is 14.0. The van der Waals surface area contributed by atoms with Crippen molar-refractivity contribution in [3.8, 4) is 0 Å². The molecular weight excluding hydrogens is 374 g/mol. The normalized spacial score (nSPS) is 18.7. The van der Waals surface area contributed by atoms with Crippen molar-refractivity contribution in [2.24, 2.45) is 0 Å². The van der Waals surface area contributed by atoms with E-state index < -0.39 is 11.6 Å². The number of furan rings is 2. The van der Waals surface area contributed by atoms with Gasteiger partial charge in [0.15, 0.2) is 0 Å². The predicted octanol–water partition coefficient (Wildman–Crippen LogP) is 3.00. The monoisotopic (exact) mass is 399 g/mol. The van der Waals surface area contributed by atoms with Crippen LogP contribution in [0, 0.1) is 0 Å². The second-order valence-corrected chi connectivity index (χ2v) is 7.73. The van der Waals surface area contributed by atoms with Crippen molar-refractivity contribution in [1.29, 1.82) is 0 Å². The van der Waals surface area contributed by atoms with Gasteiger partial charge in [0.05, 0.1) is 25.6 Å². The third-order valence-corrected chi connectivity index (χ3v) is 5.98. The van der Waals surface area contributed by atoms with Crippen LogP contribution in [0.5, 0.6) is 0 Å². The Labute approximate surface area is 169 Å². The highest BCUT2D eigenvalue weighted by molar-refractivity contribution is 6.08. The summed E-state index contributed by atoms with van der Waals surface area (Å²) in [6, 6.07) is 6.65. The van der Waals surface area contributed by atoms with E-state index >= 15 is 0 Å². The first kappa shape index (κ1) is 19.3. The number of rotatable bonds is 6. The number of nitrogens with zero attached hydrogens (tertiary/aromatic N) is 3. The molecule has 2 aliphatic rings. The summed E-state index contributed by atoms with van der Waals surface area (Å²) < 4.78 is 10.7. The van der Waals surface area contributed by atoms with Crippen LogP contribution >= 0.6 is 0 Å². The van der Waals surface area contributed by atoms with Gasteiger partial charge in [0.25, 0.3) is 5.91 Å². The molecule has 0 atom stereocenters. The Morgan fingerprint density at radius 1 is 1.03 bits per heavy atom. The fraction of sp³-hybridized carbons (Fsp3) is 0.476. The molecule has 8 nitrogen and oxygen atoms in total. The Hall–Kier alpha value is -3.03. The van der Waals surface area contributed by atoms with Crippen LogP contribution in [-0.2, 0) is 22.7 Å². The molecular formula is C21H25N3O5. The number of urea groups is 1. The van der Waals surface area contributed by atoms with E-state index in [4.69, 9.17) is 8.83 Å². The van der Waals surface area contributed by atoms with Gasteiger partial charge in [-0.25, -0.2) is 4.79 Å². The molecule has 0 radical (unpaired) electrons. The molecule has 2 fully saturated rings. The van der Waals surface area contributed by atoms with Crippen molar-refractivity contribution in [2.75, 3.05) is 13.6 Å². The minimum Gasteiger partial charge on any atom is -0.467 e. The zero-order valence-corrected chi connectivity index (χ0v) is 16.5. The van der Waals surface area contributed by atoms with E-state index in [0.717, 1.165) is 24.2 Å². The standard InChI is InChI=1S/C21H25N3O5/c1-22-20(27)24(19(26)21(22)9-3-2-4-10-21)15-18(25)23(13-16-7-5-11-28-16)14-17-8-6-12-29-17/h5-8,11-12H,2-4,9-10,13-15H2,1H3. The van der Waals surface area contributed by atoms with Crippen LogP contribution in [0.25, 0.3) is 0 Å². The lowest BCUT2D eigenvalue weighted by Gasteiger charge is -2.35. The van der Waals surface area contributed by atoms with E-state index in [-0.39, 0.29) is 31.4 Å². The maximum Gasteiger partial charge on any atom is 0.327 e. The topological polar surface area (TPSA) is 87.2 Å². The van der Waals surface area contributed by atoms with Crippen molar-refractivity contribution in [3.05, 3.63) is 48.3 Å². The van der Waals surface area contributed by atoms with Crippen molar-refractivity contribution in [1.82, 2.24) is 14.7 Å². The number of imide groups is 1. The van der Waals surface area contributed by atoms with Gasteiger partial charge in [-0.1, -0.05) is 19.3 Å². The Morgan fingerprint density at radius 3 is 2.14 bits per heavy atom. The summed E-state index contributed by atoms with van der Waals surface area (Å²) in [6.07, 6.45) is 7.28. The molecule has 1 saturated carbocycles. The van der Waals surface area contributed by atoms with Crippen LogP contribution in [0.15, 0.2) is 45.6 Å². The summed E-state index contributed by atoms with van der Waals surface area (Å²) in [4.78, 5) is 43.2. The number of hydrogen-bond acceptors (Lipinski definition) is 5. The highest BCUT2D eigenvalue weighted by Crippen LogP contribution is 2.39. The predicted molar refractivity (Wildman–Crippen MR) is 102 cm³/mol. The fourth-order valence-corrected chi connectivity index (χ4v) is 4.32. The summed E-state index contributed by atoms with van der Waals surface area (Å²) in [7, 11) is 1.67. The average molecular weight is 399 g/mol. The largest absolute Gasteiger partial charge is 0.467 e. The van der Waals surface area contributed by atoms with Crippen LogP contribution in [0.4, 0.5) is 4.79 Å². The van der Waals surface area contributed by atoms with Crippen molar-refractivity contribution in [2.45, 2.75) is 50.7 Å². The van der Waals surface area contributed by atoms with Crippen LogP contribution in [0.1, 0.15) is 43.6 Å². The maximum absolute atomic E-state index is 13.2. The van der Waals surface area contributed by atoms with Gasteiger partial charge in [-0.2, -0.15) is 0 Å². The molecule has 29 heavy (non-hydrogen) atoms. The molecule has 1 aliphatic carbocycles. The lowest BCUT2D eigenvalue weighted by molar-refractivity contribution is -0.141. The maximum atomic E-state index is 13.2. The molecule has 0 aromatic carbocycles. The van der Waals surface area contributed by atoms with Gasteiger partial charge in [0.1, 0.15) is 23.6 Å². The molecule has 2 aromatic heterocycles. The molecule has 0 bridgehead atoms. The van der Waals surface area contributed by atoms with Crippen molar-refractivity contribution >= 4 is 17.8 Å². The second-order valence-electron chi connectivity index (χ2n) is 7.73. The number of hydrogen-bond donors (Lipinski definition) is 0. The molecule has 1 aliphatic heterocycles. The van der Waals surface area contributed by atoms with E-state index in [2.05, 4.69) is 0 Å². The van der Waals surface area contributed by atoms with E-state index in [0.29, 0.717) is 24.4 Å². The van der Waals surface area contributed by atoms with Crippen LogP contribution in [0.3, 0.4) is 0 Å². The quantitative estimate of drug-likeness (QED) is 0.697. The van der Waals surface area contributed by atoms with Gasteiger partial charge < -0.3 is 18.6 Å². The molecule has 1 spiro atoms. The van der Waals surface area contributed by atoms with Gasteiger partial charge >= 0.3 is 6.03 Å². The van der Waals surface area contributed by atoms with Crippen molar-refractivity contribution < 1.29 is 23.2 Å². The highest BCUT2D eigenvalue weighted by Gasteiger charge is 2.56. The van der Waals surface area contributed by atoms with Gasteiger partial charge in [0.2, 0.25) is 5.91 Å². The Balaban J connectivity index is 1.51. The van der Waals surface area contributed by atoms with E-state index in [1.165, 1.54) is 9.80 Å². The summed E-state index contributed by atoms with van der Waals surface area (Å²) in [5.74, 6) is 0.643. The van der Waals surface area contributed by atoms with E-state index in [9.17, 15) is 14.4 Å². The first-order valence-electron chi connectivity index (χ1n) is 9.93. The van der Waals surface area contributed by atoms with Crippen LogP contribution in [-0.4, -0.2) is 51.7 Å². The fourth-order valence-electron chi connectivity index (χ4n) is 4.32. The zero-order chi connectivity index (χ0) is 20.4. The van der Waals surface area contributed by atoms with Crippen LogP contribution < -0.4 is 0 Å². The van der Waals surface area contributed by atoms with Gasteiger partial charge in [-0.15, -0.1) is 0 Å². The number of likely N-dealkylation sites (N-methyl/N-ethyl adjacent to an activating group) is 1. The molecule has 3 heterocycles. The molecule has 0 unspecified atom stereocenters.